The number of aromatic amines is 2. The third-order valence-corrected chi connectivity index (χ3v) is 8.49. The second-order valence-electron chi connectivity index (χ2n) is 11.2. The minimum Gasteiger partial charge on any atom is -0.497 e. The van der Waals surface area contributed by atoms with Gasteiger partial charge in [-0.05, 0) is 60.7 Å². The third-order valence-electron chi connectivity index (χ3n) is 8.49. The van der Waals surface area contributed by atoms with Gasteiger partial charge >= 0.3 is 0 Å². The van der Waals surface area contributed by atoms with E-state index in [1.54, 1.807) is 21.3 Å². The van der Waals surface area contributed by atoms with Crippen LogP contribution in [0.3, 0.4) is 0 Å². The summed E-state index contributed by atoms with van der Waals surface area (Å²) >= 11 is 0. The first-order valence-corrected chi connectivity index (χ1v) is 15.0. The number of aromatic nitrogens is 4. The number of benzene rings is 3. The highest BCUT2D eigenvalue weighted by atomic mass is 16.5. The SMILES string of the molecule is COc1ccc(CC(C#N)c2[nH]nc3cc(OC)ccc23)cc1.COc1ccc2c(C(C#N)CC3CCCCC3)[nH]nc2c1. The molecule has 0 radical (unpaired) electrons. The molecule has 9 nitrogen and oxygen atoms in total. The first-order chi connectivity index (χ1) is 21.6. The second-order valence-corrected chi connectivity index (χ2v) is 11.2. The summed E-state index contributed by atoms with van der Waals surface area (Å²) in [5.74, 6) is 2.65. The highest BCUT2D eigenvalue weighted by Crippen LogP contribution is 2.35. The van der Waals surface area contributed by atoms with Crippen molar-refractivity contribution in [2.24, 2.45) is 5.92 Å². The fourth-order valence-electron chi connectivity index (χ4n) is 6.01. The Balaban J connectivity index is 0.000000175. The third kappa shape index (κ3) is 6.95. The lowest BCUT2D eigenvalue weighted by Gasteiger charge is -2.23. The van der Waals surface area contributed by atoms with Crippen molar-refractivity contribution in [2.45, 2.75) is 56.8 Å². The fourth-order valence-corrected chi connectivity index (χ4v) is 6.01. The van der Waals surface area contributed by atoms with Gasteiger partial charge in [-0.1, -0.05) is 44.2 Å². The van der Waals surface area contributed by atoms with E-state index >= 15 is 0 Å². The standard InChI is InChI=1S/C18H17N3O2.C17H21N3O/c1-22-14-5-3-12(4-6-14)9-13(11-19)18-16-8-7-15(23-2)10-17(16)20-21-18;1-21-14-7-8-15-16(10-14)19-20-17(15)13(11-18)9-12-5-3-2-4-6-12/h3-8,10,13H,9H2,1-2H3,(H,20,21);7-8,10,12-13H,2-6,9H2,1H3,(H,19,20). The Hall–Kier alpha value is -5.02. The van der Waals surface area contributed by atoms with Crippen molar-refractivity contribution in [2.75, 3.05) is 21.3 Å². The van der Waals surface area contributed by atoms with E-state index in [1.807, 2.05) is 60.7 Å². The summed E-state index contributed by atoms with van der Waals surface area (Å²) in [6.45, 7) is 0. The Labute approximate surface area is 257 Å². The van der Waals surface area contributed by atoms with Gasteiger partial charge in [0.2, 0.25) is 0 Å². The maximum atomic E-state index is 9.57. The van der Waals surface area contributed by atoms with Crippen LogP contribution >= 0.6 is 0 Å². The molecule has 9 heteroatoms. The molecule has 1 fully saturated rings. The predicted molar refractivity (Wildman–Crippen MR) is 170 cm³/mol. The lowest BCUT2D eigenvalue weighted by atomic mass is 9.82. The van der Waals surface area contributed by atoms with Crippen molar-refractivity contribution in [1.29, 1.82) is 10.5 Å². The van der Waals surface area contributed by atoms with Gasteiger partial charge in [0, 0.05) is 22.9 Å². The van der Waals surface area contributed by atoms with E-state index in [-0.39, 0.29) is 11.8 Å². The molecule has 2 N–H and O–H groups in total. The predicted octanol–water partition coefficient (Wildman–Crippen LogP) is 7.58. The largest absolute Gasteiger partial charge is 0.497 e. The normalized spacial score (nSPS) is 14.6. The molecule has 0 aliphatic heterocycles. The zero-order valence-electron chi connectivity index (χ0n) is 25.5. The number of ether oxygens (including phenoxy) is 3. The zero-order chi connectivity index (χ0) is 30.9. The van der Waals surface area contributed by atoms with Crippen LogP contribution in [0.1, 0.15) is 67.3 Å². The summed E-state index contributed by atoms with van der Waals surface area (Å²) in [6, 6.07) is 24.1. The Bertz CT molecular complexity index is 1760. The highest BCUT2D eigenvalue weighted by Gasteiger charge is 2.23. The van der Waals surface area contributed by atoms with E-state index < -0.39 is 0 Å². The molecular formula is C35H38N6O3. The Morgan fingerprint density at radius 2 is 1.20 bits per heavy atom. The van der Waals surface area contributed by atoms with Gasteiger partial charge in [0.25, 0.3) is 0 Å². The van der Waals surface area contributed by atoms with Crippen LogP contribution in [0.2, 0.25) is 0 Å². The molecule has 2 atom stereocenters. The number of methoxy groups -OCH3 is 3. The van der Waals surface area contributed by atoms with E-state index in [9.17, 15) is 10.5 Å². The Kier molecular flexibility index (Phi) is 9.99. The van der Waals surface area contributed by atoms with Crippen molar-refractivity contribution in [1.82, 2.24) is 20.4 Å². The number of H-pyrrole nitrogens is 2. The van der Waals surface area contributed by atoms with E-state index in [1.165, 1.54) is 32.1 Å². The number of nitrogens with one attached hydrogen (secondary N) is 2. The molecule has 1 aliphatic rings. The van der Waals surface area contributed by atoms with Crippen molar-refractivity contribution in [3.8, 4) is 29.4 Å². The fraction of sp³-hybridized carbons (Fsp3) is 0.371. The van der Waals surface area contributed by atoms with Crippen LogP contribution in [0.5, 0.6) is 17.2 Å². The number of fused-ring (bicyclic) bond motifs is 2. The molecule has 226 valence electrons. The molecule has 0 saturated heterocycles. The van der Waals surface area contributed by atoms with Crippen LogP contribution in [0.25, 0.3) is 21.8 Å². The summed E-state index contributed by atoms with van der Waals surface area (Å²) in [5.41, 5.74) is 4.54. The molecule has 1 saturated carbocycles. The van der Waals surface area contributed by atoms with E-state index in [0.717, 1.165) is 62.4 Å². The number of rotatable bonds is 9. The molecule has 44 heavy (non-hydrogen) atoms. The quantitative estimate of drug-likeness (QED) is 0.181. The molecule has 0 spiro atoms. The van der Waals surface area contributed by atoms with Gasteiger partial charge in [-0.25, -0.2) is 0 Å². The summed E-state index contributed by atoms with van der Waals surface area (Å²) in [4.78, 5) is 0. The highest BCUT2D eigenvalue weighted by molar-refractivity contribution is 5.84. The van der Waals surface area contributed by atoms with E-state index in [4.69, 9.17) is 14.2 Å². The maximum absolute atomic E-state index is 9.57. The first-order valence-electron chi connectivity index (χ1n) is 15.0. The van der Waals surface area contributed by atoms with Crippen LogP contribution < -0.4 is 14.2 Å². The van der Waals surface area contributed by atoms with Gasteiger partial charge in [-0.15, -0.1) is 0 Å². The van der Waals surface area contributed by atoms with Crippen LogP contribution in [-0.4, -0.2) is 41.7 Å². The molecule has 0 amide bonds. The van der Waals surface area contributed by atoms with Crippen LogP contribution in [-0.2, 0) is 6.42 Å². The first kappa shape index (κ1) is 30.4. The number of nitriles is 2. The van der Waals surface area contributed by atoms with Gasteiger partial charge in [0.15, 0.2) is 0 Å². The molecular weight excluding hydrogens is 552 g/mol. The average molecular weight is 591 g/mol. The van der Waals surface area contributed by atoms with Crippen LogP contribution in [0.4, 0.5) is 0 Å². The average Bonchev–Trinajstić information content (AvgIpc) is 3.71. The van der Waals surface area contributed by atoms with Crippen molar-refractivity contribution in [3.05, 3.63) is 77.6 Å². The van der Waals surface area contributed by atoms with Crippen molar-refractivity contribution in [3.63, 3.8) is 0 Å². The van der Waals surface area contributed by atoms with Gasteiger partial charge in [-0.2, -0.15) is 20.7 Å². The zero-order valence-corrected chi connectivity index (χ0v) is 25.5. The summed E-state index contributed by atoms with van der Waals surface area (Å²) < 4.78 is 15.6. The Morgan fingerprint density at radius 1 is 0.705 bits per heavy atom. The molecule has 3 aromatic carbocycles. The maximum Gasteiger partial charge on any atom is 0.121 e. The molecule has 2 unspecified atom stereocenters. The minimum absolute atomic E-state index is 0.0912. The summed E-state index contributed by atoms with van der Waals surface area (Å²) in [5, 5.41) is 35.8. The molecule has 2 aromatic heterocycles. The van der Waals surface area contributed by atoms with E-state index in [2.05, 4.69) is 32.5 Å². The van der Waals surface area contributed by atoms with Gasteiger partial charge in [0.05, 0.1) is 67.7 Å². The number of hydrogen-bond acceptors (Lipinski definition) is 7. The monoisotopic (exact) mass is 590 g/mol. The number of nitrogens with zero attached hydrogens (tertiary/aromatic N) is 4. The van der Waals surface area contributed by atoms with Crippen LogP contribution in [0, 0.1) is 28.6 Å². The smallest absolute Gasteiger partial charge is 0.121 e. The molecule has 2 heterocycles. The summed E-state index contributed by atoms with van der Waals surface area (Å²) in [6.07, 6.45) is 8.05. The van der Waals surface area contributed by atoms with Crippen molar-refractivity contribution >= 4 is 21.8 Å². The van der Waals surface area contributed by atoms with Gasteiger partial charge < -0.3 is 14.2 Å². The lowest BCUT2D eigenvalue weighted by molar-refractivity contribution is 0.330. The Morgan fingerprint density at radius 3 is 1.70 bits per heavy atom. The molecule has 6 rings (SSSR count). The van der Waals surface area contributed by atoms with E-state index in [0.29, 0.717) is 12.3 Å². The molecule has 5 aromatic rings. The second kappa shape index (κ2) is 14.4. The lowest BCUT2D eigenvalue weighted by Crippen LogP contribution is -2.11. The topological polar surface area (TPSA) is 133 Å². The molecule has 1 aliphatic carbocycles. The van der Waals surface area contributed by atoms with Gasteiger partial charge in [-0.3, -0.25) is 10.2 Å². The van der Waals surface area contributed by atoms with Crippen molar-refractivity contribution < 1.29 is 14.2 Å². The minimum atomic E-state index is -0.290. The van der Waals surface area contributed by atoms with Gasteiger partial charge in [0.1, 0.15) is 17.2 Å². The summed E-state index contributed by atoms with van der Waals surface area (Å²) in [7, 11) is 4.91. The molecule has 0 bridgehead atoms. The van der Waals surface area contributed by atoms with Crippen LogP contribution in [0.15, 0.2) is 60.7 Å². The number of hydrogen-bond donors (Lipinski definition) is 2.